The molecule has 0 amide bonds. The largest absolute Gasteiger partial charge is 0.330 e. The van der Waals surface area contributed by atoms with E-state index in [1.165, 1.54) is 18.0 Å². The van der Waals surface area contributed by atoms with E-state index in [0.717, 1.165) is 37.8 Å². The van der Waals surface area contributed by atoms with E-state index in [-0.39, 0.29) is 0 Å². The van der Waals surface area contributed by atoms with E-state index in [0.29, 0.717) is 10.3 Å². The van der Waals surface area contributed by atoms with E-state index in [1.54, 1.807) is 0 Å². The molecule has 6 heteroatoms. The van der Waals surface area contributed by atoms with Crippen LogP contribution in [0.1, 0.15) is 19.0 Å². The Hall–Kier alpha value is -0.230. The number of hydrogen-bond acceptors (Lipinski definition) is 5. The van der Waals surface area contributed by atoms with Crippen molar-refractivity contribution in [2.24, 2.45) is 17.6 Å². The average molecular weight is 261 g/mol. The molecule has 1 saturated heterocycles. The summed E-state index contributed by atoms with van der Waals surface area (Å²) in [5.41, 5.74) is 6.68. The molecule has 0 aliphatic carbocycles. The molecule has 2 atom stereocenters. The molecule has 2 heterocycles. The molecule has 1 fully saturated rings. The maximum Gasteiger partial charge on any atom is 0.138 e. The van der Waals surface area contributed by atoms with E-state index < -0.39 is 0 Å². The molecular formula is C10H17ClN4S. The van der Waals surface area contributed by atoms with E-state index in [1.807, 2.05) is 0 Å². The Bertz CT molecular complexity index is 343. The van der Waals surface area contributed by atoms with Crippen molar-refractivity contribution >= 4 is 23.1 Å². The summed E-state index contributed by atoms with van der Waals surface area (Å²) in [6, 6.07) is 0. The topological polar surface area (TPSA) is 55.0 Å². The van der Waals surface area contributed by atoms with Crippen LogP contribution in [0.15, 0.2) is 0 Å². The minimum absolute atomic E-state index is 0.596. The van der Waals surface area contributed by atoms with Crippen molar-refractivity contribution in [3.8, 4) is 0 Å². The fourth-order valence-corrected chi connectivity index (χ4v) is 2.79. The summed E-state index contributed by atoms with van der Waals surface area (Å²) >= 11 is 7.25. The van der Waals surface area contributed by atoms with Crippen LogP contribution in [0.3, 0.4) is 0 Å². The van der Waals surface area contributed by atoms with Crippen LogP contribution >= 0.6 is 23.1 Å². The van der Waals surface area contributed by atoms with Gasteiger partial charge in [-0.3, -0.25) is 4.90 Å². The first-order valence-electron chi connectivity index (χ1n) is 5.60. The molecule has 2 N–H and O–H groups in total. The summed E-state index contributed by atoms with van der Waals surface area (Å²) in [6.07, 6.45) is 1.21. The first kappa shape index (κ1) is 12.2. The van der Waals surface area contributed by atoms with Gasteiger partial charge in [0.2, 0.25) is 0 Å². The van der Waals surface area contributed by atoms with Gasteiger partial charge in [0.15, 0.2) is 0 Å². The third kappa shape index (κ3) is 2.71. The molecule has 0 bridgehead atoms. The van der Waals surface area contributed by atoms with E-state index in [4.69, 9.17) is 17.3 Å². The van der Waals surface area contributed by atoms with Crippen LogP contribution < -0.4 is 5.73 Å². The highest BCUT2D eigenvalue weighted by Crippen LogP contribution is 2.25. The number of rotatable bonds is 3. The van der Waals surface area contributed by atoms with Crippen molar-refractivity contribution in [2.45, 2.75) is 19.9 Å². The number of piperidine rings is 1. The number of likely N-dealkylation sites (tertiary alicyclic amines) is 1. The van der Waals surface area contributed by atoms with Crippen molar-refractivity contribution in [3.63, 3.8) is 0 Å². The van der Waals surface area contributed by atoms with Crippen molar-refractivity contribution < 1.29 is 0 Å². The molecule has 0 spiro atoms. The van der Waals surface area contributed by atoms with Gasteiger partial charge < -0.3 is 5.73 Å². The van der Waals surface area contributed by atoms with Gasteiger partial charge in [0.1, 0.15) is 10.0 Å². The lowest BCUT2D eigenvalue weighted by Crippen LogP contribution is -2.42. The third-order valence-electron chi connectivity index (χ3n) is 3.38. The van der Waals surface area contributed by atoms with Gasteiger partial charge in [-0.15, -0.1) is 5.10 Å². The highest BCUT2D eigenvalue weighted by Gasteiger charge is 2.25. The summed E-state index contributed by atoms with van der Waals surface area (Å²) in [5.74, 6) is 1.32. The summed E-state index contributed by atoms with van der Waals surface area (Å²) in [5, 5.41) is 4.04. The standard InChI is InChI=1S/C10H17ClN4S/c1-7-2-3-15(5-8(7)4-12)6-9-10(11)16-14-13-9/h7-8H,2-6,12H2,1H3. The lowest BCUT2D eigenvalue weighted by atomic mass is 9.87. The quantitative estimate of drug-likeness (QED) is 0.897. The molecule has 2 rings (SSSR count). The third-order valence-corrected chi connectivity index (χ3v) is 4.37. The Morgan fingerprint density at radius 3 is 3.06 bits per heavy atom. The fraction of sp³-hybridized carbons (Fsp3) is 0.800. The molecular weight excluding hydrogens is 244 g/mol. The second kappa shape index (κ2) is 5.40. The fourth-order valence-electron chi connectivity index (χ4n) is 2.18. The average Bonchev–Trinajstić information content (AvgIpc) is 2.67. The van der Waals surface area contributed by atoms with Crippen molar-refractivity contribution in [2.75, 3.05) is 19.6 Å². The summed E-state index contributed by atoms with van der Waals surface area (Å²) in [6.45, 7) is 6.00. The summed E-state index contributed by atoms with van der Waals surface area (Å²) in [7, 11) is 0. The summed E-state index contributed by atoms with van der Waals surface area (Å²) in [4.78, 5) is 2.38. The normalized spacial score (nSPS) is 27.2. The molecule has 90 valence electrons. The molecule has 1 aliphatic rings. The van der Waals surface area contributed by atoms with Gasteiger partial charge in [0, 0.05) is 24.6 Å². The number of halogens is 1. The Kier molecular flexibility index (Phi) is 4.13. The van der Waals surface area contributed by atoms with Crippen LogP contribution in [-0.4, -0.2) is 34.1 Å². The Morgan fingerprint density at radius 1 is 1.62 bits per heavy atom. The number of hydrogen-bond donors (Lipinski definition) is 1. The predicted molar refractivity (Wildman–Crippen MR) is 66.5 cm³/mol. The molecule has 0 saturated carbocycles. The first-order valence-corrected chi connectivity index (χ1v) is 6.75. The lowest BCUT2D eigenvalue weighted by molar-refractivity contribution is 0.125. The van der Waals surface area contributed by atoms with Crippen LogP contribution in [0.5, 0.6) is 0 Å². The SMILES string of the molecule is CC1CCN(Cc2nnsc2Cl)CC1CN. The maximum absolute atomic E-state index is 6.00. The lowest BCUT2D eigenvalue weighted by Gasteiger charge is -2.36. The molecule has 0 aromatic carbocycles. The van der Waals surface area contributed by atoms with Crippen molar-refractivity contribution in [1.29, 1.82) is 0 Å². The maximum atomic E-state index is 6.00. The first-order chi connectivity index (χ1) is 7.70. The van der Waals surface area contributed by atoms with E-state index in [9.17, 15) is 0 Å². The van der Waals surface area contributed by atoms with E-state index in [2.05, 4.69) is 21.4 Å². The van der Waals surface area contributed by atoms with Crippen LogP contribution in [0.4, 0.5) is 0 Å². The molecule has 4 nitrogen and oxygen atoms in total. The predicted octanol–water partition coefficient (Wildman–Crippen LogP) is 1.61. The Labute approximate surface area is 105 Å². The van der Waals surface area contributed by atoms with Crippen molar-refractivity contribution in [1.82, 2.24) is 14.5 Å². The number of nitrogens with zero attached hydrogens (tertiary/aromatic N) is 3. The zero-order valence-electron chi connectivity index (χ0n) is 9.40. The number of nitrogens with two attached hydrogens (primary N) is 1. The highest BCUT2D eigenvalue weighted by molar-refractivity contribution is 7.10. The van der Waals surface area contributed by atoms with Crippen LogP contribution in [0, 0.1) is 11.8 Å². The monoisotopic (exact) mass is 260 g/mol. The van der Waals surface area contributed by atoms with Crippen molar-refractivity contribution in [3.05, 3.63) is 10.0 Å². The van der Waals surface area contributed by atoms with Crippen LogP contribution in [0.2, 0.25) is 4.34 Å². The van der Waals surface area contributed by atoms with Gasteiger partial charge in [-0.1, -0.05) is 23.0 Å². The van der Waals surface area contributed by atoms with Gasteiger partial charge in [0.05, 0.1) is 0 Å². The van der Waals surface area contributed by atoms with Gasteiger partial charge in [-0.05, 0) is 31.3 Å². The molecule has 1 aromatic rings. The zero-order chi connectivity index (χ0) is 11.5. The van der Waals surface area contributed by atoms with Crippen LogP contribution in [-0.2, 0) is 6.54 Å². The number of aromatic nitrogens is 2. The summed E-state index contributed by atoms with van der Waals surface area (Å²) < 4.78 is 4.56. The molecule has 1 aromatic heterocycles. The zero-order valence-corrected chi connectivity index (χ0v) is 11.0. The molecule has 2 unspecified atom stereocenters. The van der Waals surface area contributed by atoms with Gasteiger partial charge in [0.25, 0.3) is 0 Å². The molecule has 1 aliphatic heterocycles. The second-order valence-electron chi connectivity index (χ2n) is 4.49. The second-order valence-corrected chi connectivity index (χ2v) is 5.85. The van der Waals surface area contributed by atoms with E-state index >= 15 is 0 Å². The van der Waals surface area contributed by atoms with Gasteiger partial charge >= 0.3 is 0 Å². The van der Waals surface area contributed by atoms with Gasteiger partial charge in [-0.2, -0.15) is 0 Å². The Balaban J connectivity index is 1.94. The molecule has 0 radical (unpaired) electrons. The minimum Gasteiger partial charge on any atom is -0.330 e. The molecule has 16 heavy (non-hydrogen) atoms. The van der Waals surface area contributed by atoms with Crippen LogP contribution in [0.25, 0.3) is 0 Å². The minimum atomic E-state index is 0.596. The highest BCUT2D eigenvalue weighted by atomic mass is 35.5. The Morgan fingerprint density at radius 2 is 2.44 bits per heavy atom. The smallest absolute Gasteiger partial charge is 0.138 e. The van der Waals surface area contributed by atoms with Gasteiger partial charge in [-0.25, -0.2) is 0 Å².